The average Bonchev–Trinajstić information content (AvgIpc) is 3.78. The van der Waals surface area contributed by atoms with E-state index in [0.29, 0.717) is 11.8 Å². The molecule has 65 heavy (non-hydrogen) atoms. The molecule has 3 saturated carbocycles. The summed E-state index contributed by atoms with van der Waals surface area (Å²) in [6.45, 7) is 8.05. The number of fused-ring (bicyclic) bond motifs is 3. The molecule has 2 aliphatic heterocycles. The number of hydrogen-bond donors (Lipinski definition) is 4. The molecule has 10 atom stereocenters. The van der Waals surface area contributed by atoms with Gasteiger partial charge in [-0.2, -0.15) is 0 Å². The summed E-state index contributed by atoms with van der Waals surface area (Å²) >= 11 is 0. The minimum Gasteiger partial charge on any atom is -0.453 e. The van der Waals surface area contributed by atoms with Gasteiger partial charge in [0, 0.05) is 17.6 Å². The second-order valence-corrected chi connectivity index (χ2v) is 20.2. The largest absolute Gasteiger partial charge is 0.453 e. The monoisotopic (exact) mass is 884 g/mol. The lowest BCUT2D eigenvalue weighted by atomic mass is 9.82. The topological polar surface area (TPSA) is 175 Å². The van der Waals surface area contributed by atoms with E-state index in [-0.39, 0.29) is 53.2 Å². The number of aromatic nitrogens is 4. The van der Waals surface area contributed by atoms with Gasteiger partial charge < -0.3 is 39.9 Å². The number of nitrogens with one attached hydrogen (secondary N) is 4. The van der Waals surface area contributed by atoms with Crippen LogP contribution in [-0.4, -0.2) is 92.1 Å². The Morgan fingerprint density at radius 2 is 1.14 bits per heavy atom. The number of carbonyl (C=O) groups excluding carboxylic acids is 4. The second-order valence-electron chi connectivity index (χ2n) is 20.2. The number of alkyl carbamates (subject to hydrolysis) is 2. The van der Waals surface area contributed by atoms with E-state index in [1.54, 1.807) is 0 Å². The lowest BCUT2D eigenvalue weighted by Gasteiger charge is -2.32. The molecule has 4 heterocycles. The predicted octanol–water partition coefficient (Wildman–Crippen LogP) is 8.66. The van der Waals surface area contributed by atoms with Crippen molar-refractivity contribution in [2.45, 2.75) is 141 Å². The second kappa shape index (κ2) is 17.0. The molecule has 14 heteroatoms. The lowest BCUT2D eigenvalue weighted by Crippen LogP contribution is -2.52. The zero-order chi connectivity index (χ0) is 45.3. The maximum atomic E-state index is 14.2. The van der Waals surface area contributed by atoms with Gasteiger partial charge in [0.05, 0.1) is 50.1 Å². The summed E-state index contributed by atoms with van der Waals surface area (Å²) in [7, 11) is 2.65. The van der Waals surface area contributed by atoms with E-state index in [1.165, 1.54) is 67.7 Å². The Morgan fingerprint density at radius 3 is 1.65 bits per heavy atom. The van der Waals surface area contributed by atoms with Crippen LogP contribution in [0.4, 0.5) is 9.59 Å². The number of piperidine rings is 2. The first-order valence-corrected chi connectivity index (χ1v) is 24.1. The maximum Gasteiger partial charge on any atom is 0.407 e. The number of amides is 4. The quantitative estimate of drug-likeness (QED) is 0.103. The zero-order valence-corrected chi connectivity index (χ0v) is 38.6. The molecule has 10 rings (SSSR count). The van der Waals surface area contributed by atoms with E-state index < -0.39 is 24.3 Å². The molecule has 14 nitrogen and oxygen atoms in total. The Balaban J connectivity index is 0.898. The first-order chi connectivity index (χ1) is 31.4. The number of ether oxygens (including phenoxy) is 2. The molecule has 6 aliphatic rings. The van der Waals surface area contributed by atoms with Crippen LogP contribution < -0.4 is 10.6 Å². The van der Waals surface area contributed by atoms with Crippen LogP contribution in [0.15, 0.2) is 48.8 Å². The van der Waals surface area contributed by atoms with Crippen molar-refractivity contribution in [1.29, 1.82) is 0 Å². The van der Waals surface area contributed by atoms with Gasteiger partial charge in [0.1, 0.15) is 23.7 Å². The third-order valence-corrected chi connectivity index (χ3v) is 16.4. The molecule has 4 N–H and O–H groups in total. The summed E-state index contributed by atoms with van der Waals surface area (Å²) in [5.74, 6) is 2.26. The lowest BCUT2D eigenvalue weighted by molar-refractivity contribution is -0.137. The highest BCUT2D eigenvalue weighted by Crippen LogP contribution is 2.56. The van der Waals surface area contributed by atoms with Gasteiger partial charge >= 0.3 is 12.2 Å². The number of H-pyrrole nitrogens is 2. The van der Waals surface area contributed by atoms with Crippen molar-refractivity contribution < 1.29 is 28.7 Å². The first-order valence-electron chi connectivity index (χ1n) is 24.1. The molecule has 4 aromatic rings. The van der Waals surface area contributed by atoms with Gasteiger partial charge in [-0.1, -0.05) is 89.8 Å². The van der Waals surface area contributed by atoms with Crippen molar-refractivity contribution in [1.82, 2.24) is 40.4 Å². The molecule has 4 amide bonds. The van der Waals surface area contributed by atoms with E-state index in [9.17, 15) is 19.2 Å². The number of hydrogen-bond acceptors (Lipinski definition) is 8. The van der Waals surface area contributed by atoms with E-state index >= 15 is 0 Å². The fourth-order valence-electron chi connectivity index (χ4n) is 12.1. The van der Waals surface area contributed by atoms with Crippen LogP contribution in [0.2, 0.25) is 0 Å². The molecular weight excluding hydrogens is 821 g/mol. The number of imidazole rings is 2. The standard InChI is InChI=1S/C51H64N8O6/c1-7-27(3)43(56-49(62)64-5)47(60)58-39-19-31(39)21-41(58)45-52-25-37(54-45)30-13-11-29(12-14-30)33-15-16-34(36-24-51(23-35(33)36)17-9-10-18-51)38-26-53-46(55-38)42-22-32-20-40(32)59(42)48(61)44(28(4)8-2)57-50(63)65-6/h11-16,25-28,31-32,39-44H,7-10,17-24H2,1-6H3,(H,52,54)(H,53,55)(H,56,62)(H,57,63)/t27?,28?,31?,32?,39?,40?,41-,42-,43-,44-/m0/s1. The smallest absolute Gasteiger partial charge is 0.407 e. The average molecular weight is 885 g/mol. The van der Waals surface area contributed by atoms with Crippen molar-refractivity contribution in [2.75, 3.05) is 14.2 Å². The van der Waals surface area contributed by atoms with Gasteiger partial charge in [-0.3, -0.25) is 9.59 Å². The Kier molecular flexibility index (Phi) is 11.3. The van der Waals surface area contributed by atoms with Gasteiger partial charge in [0.25, 0.3) is 0 Å². The molecular formula is C51H64N8O6. The van der Waals surface area contributed by atoms with Crippen LogP contribution in [0.25, 0.3) is 33.6 Å². The van der Waals surface area contributed by atoms with Gasteiger partial charge in [0.15, 0.2) is 0 Å². The molecule has 6 unspecified atom stereocenters. The molecule has 4 aliphatic carbocycles. The van der Waals surface area contributed by atoms with Gasteiger partial charge in [-0.25, -0.2) is 19.6 Å². The summed E-state index contributed by atoms with van der Waals surface area (Å²) in [5, 5.41) is 5.65. The van der Waals surface area contributed by atoms with Crippen molar-refractivity contribution >= 4 is 24.0 Å². The predicted molar refractivity (Wildman–Crippen MR) is 245 cm³/mol. The van der Waals surface area contributed by atoms with Crippen LogP contribution in [0.1, 0.15) is 127 Å². The van der Waals surface area contributed by atoms with Gasteiger partial charge in [-0.05, 0) is 108 Å². The summed E-state index contributed by atoms with van der Waals surface area (Å²) in [5.41, 5.74) is 9.63. The van der Waals surface area contributed by atoms with Crippen LogP contribution >= 0.6 is 0 Å². The Labute approximate surface area is 381 Å². The fraction of sp³-hybridized carbons (Fsp3) is 0.569. The minimum absolute atomic E-state index is 0.0459. The van der Waals surface area contributed by atoms with Crippen LogP contribution in [0.3, 0.4) is 0 Å². The molecule has 2 aromatic heterocycles. The normalized spacial score (nSPS) is 26.2. The van der Waals surface area contributed by atoms with Crippen LogP contribution in [-0.2, 0) is 31.9 Å². The van der Waals surface area contributed by atoms with E-state index in [1.807, 2.05) is 49.9 Å². The molecule has 0 bridgehead atoms. The van der Waals surface area contributed by atoms with Crippen molar-refractivity contribution in [2.24, 2.45) is 29.1 Å². The van der Waals surface area contributed by atoms with E-state index in [4.69, 9.17) is 19.4 Å². The summed E-state index contributed by atoms with van der Waals surface area (Å²) < 4.78 is 9.79. The van der Waals surface area contributed by atoms with E-state index in [0.717, 1.165) is 80.0 Å². The number of likely N-dealkylation sites (tertiary alicyclic amines) is 2. The van der Waals surface area contributed by atoms with Gasteiger partial charge in [-0.15, -0.1) is 0 Å². The number of aromatic amines is 2. The third kappa shape index (κ3) is 7.77. The molecule has 344 valence electrons. The van der Waals surface area contributed by atoms with Crippen LogP contribution in [0.5, 0.6) is 0 Å². The number of benzene rings is 2. The van der Waals surface area contributed by atoms with Gasteiger partial charge in [0.2, 0.25) is 11.8 Å². The highest BCUT2D eigenvalue weighted by Gasteiger charge is 2.58. The highest BCUT2D eigenvalue weighted by molar-refractivity contribution is 5.88. The van der Waals surface area contributed by atoms with Crippen LogP contribution in [0, 0.1) is 29.1 Å². The van der Waals surface area contributed by atoms with Crippen molar-refractivity contribution in [3.05, 3.63) is 71.6 Å². The number of methoxy groups -OCH3 is 2. The molecule has 0 radical (unpaired) electrons. The molecule has 2 saturated heterocycles. The first kappa shape index (κ1) is 43.2. The highest BCUT2D eigenvalue weighted by atomic mass is 16.5. The Hall–Kier alpha value is -5.66. The maximum absolute atomic E-state index is 14.2. The minimum atomic E-state index is -0.662. The summed E-state index contributed by atoms with van der Waals surface area (Å²) in [6.07, 6.45) is 14.9. The SMILES string of the molecule is CCC(C)[C@H](NC(=O)OC)C(=O)N1C2CC2C[C@H]1c1ncc(-c2ccc(-c3ccc(-c4cnc([C@@H]5CC6CC6N5C(=O)[C@@H](NC(=O)OC)C(C)CC)[nH]4)c4c3CC3(CCCC3)C4)cc2)[nH]1. The molecule has 1 spiro atoms. The molecule has 5 fully saturated rings. The number of nitrogens with zero attached hydrogens (tertiary/aromatic N) is 4. The summed E-state index contributed by atoms with van der Waals surface area (Å²) in [6, 6.07) is 12.0. The van der Waals surface area contributed by atoms with E-state index in [2.05, 4.69) is 57.0 Å². The third-order valence-electron chi connectivity index (χ3n) is 16.4. The Bertz CT molecular complexity index is 2470. The Morgan fingerprint density at radius 1 is 0.677 bits per heavy atom. The van der Waals surface area contributed by atoms with Crippen molar-refractivity contribution in [3.63, 3.8) is 0 Å². The summed E-state index contributed by atoms with van der Waals surface area (Å²) in [4.78, 5) is 74.0. The number of rotatable bonds is 13. The fourth-order valence-corrected chi connectivity index (χ4v) is 12.1. The van der Waals surface area contributed by atoms with Crippen molar-refractivity contribution in [3.8, 4) is 33.6 Å². The molecule has 2 aromatic carbocycles. The number of carbonyl (C=O) groups is 4. The zero-order valence-electron chi connectivity index (χ0n) is 38.6.